The Kier molecular flexibility index (Phi) is 4.44. The van der Waals surface area contributed by atoms with Crippen LogP contribution in [0.2, 0.25) is 0 Å². The summed E-state index contributed by atoms with van der Waals surface area (Å²) in [4.78, 5) is 12.5. The van der Waals surface area contributed by atoms with Crippen molar-refractivity contribution in [2.75, 3.05) is 20.8 Å². The van der Waals surface area contributed by atoms with E-state index in [2.05, 4.69) is 24.4 Å². The molecule has 5 heteroatoms. The van der Waals surface area contributed by atoms with Gasteiger partial charge in [-0.1, -0.05) is 13.0 Å². The summed E-state index contributed by atoms with van der Waals surface area (Å²) in [5.41, 5.74) is 2.07. The first kappa shape index (κ1) is 17.7. The molecule has 4 atom stereocenters. The summed E-state index contributed by atoms with van der Waals surface area (Å²) >= 11 is 0. The summed E-state index contributed by atoms with van der Waals surface area (Å²) in [6, 6.07) is 6.61. The lowest BCUT2D eigenvalue weighted by atomic mass is 9.47. The van der Waals surface area contributed by atoms with Crippen molar-refractivity contribution in [3.05, 3.63) is 29.3 Å². The second kappa shape index (κ2) is 6.01. The van der Waals surface area contributed by atoms with E-state index in [4.69, 9.17) is 9.47 Å². The SMILES string of the molecule is COc1ccc2c(c1)[C@]13CCN[C@H](C2)C1(OC)[C@H](C)CC(=O)C3.Cl. The molecule has 0 aromatic heterocycles. The molecule has 0 radical (unpaired) electrons. The number of fused-ring (bicyclic) bond motifs is 1. The van der Waals surface area contributed by atoms with Crippen molar-refractivity contribution in [2.45, 2.75) is 49.7 Å². The minimum Gasteiger partial charge on any atom is -0.497 e. The van der Waals surface area contributed by atoms with Gasteiger partial charge < -0.3 is 14.8 Å². The lowest BCUT2D eigenvalue weighted by molar-refractivity contribution is -0.182. The fraction of sp³-hybridized carbons (Fsp3) is 0.632. The number of Topliss-reactive ketones (excluding diaryl/α,β-unsaturated/α-hetero) is 1. The Balaban J connectivity index is 0.00000169. The molecule has 2 fully saturated rings. The molecule has 1 heterocycles. The van der Waals surface area contributed by atoms with E-state index in [0.29, 0.717) is 18.6 Å². The van der Waals surface area contributed by atoms with E-state index in [0.717, 1.165) is 25.1 Å². The van der Waals surface area contributed by atoms with E-state index in [1.54, 1.807) is 7.11 Å². The first-order valence-corrected chi connectivity index (χ1v) is 8.55. The average molecular weight is 352 g/mol. The van der Waals surface area contributed by atoms with Gasteiger partial charge in [0.1, 0.15) is 11.5 Å². The fourth-order valence-electron chi connectivity index (χ4n) is 5.81. The fourth-order valence-corrected chi connectivity index (χ4v) is 5.81. The second-order valence-corrected chi connectivity index (χ2v) is 7.38. The molecule has 4 nitrogen and oxygen atoms in total. The van der Waals surface area contributed by atoms with Crippen LogP contribution < -0.4 is 10.1 Å². The molecule has 1 aromatic rings. The van der Waals surface area contributed by atoms with Gasteiger partial charge in [0.05, 0.1) is 12.7 Å². The quantitative estimate of drug-likeness (QED) is 0.890. The zero-order chi connectivity index (χ0) is 16.2. The van der Waals surface area contributed by atoms with Crippen LogP contribution in [0, 0.1) is 5.92 Å². The second-order valence-electron chi connectivity index (χ2n) is 7.38. The zero-order valence-electron chi connectivity index (χ0n) is 14.6. The first-order chi connectivity index (χ1) is 11.1. The Morgan fingerprint density at radius 3 is 2.75 bits per heavy atom. The molecule has 1 N–H and O–H groups in total. The minimum absolute atomic E-state index is 0. The molecule has 1 aliphatic heterocycles. The van der Waals surface area contributed by atoms with Crippen molar-refractivity contribution in [3.63, 3.8) is 0 Å². The number of carbonyl (C=O) groups excluding carboxylic acids is 1. The van der Waals surface area contributed by atoms with Crippen molar-refractivity contribution < 1.29 is 14.3 Å². The van der Waals surface area contributed by atoms with Crippen molar-refractivity contribution in [2.24, 2.45) is 5.92 Å². The summed E-state index contributed by atoms with van der Waals surface area (Å²) in [5.74, 6) is 1.44. The maximum absolute atomic E-state index is 12.5. The van der Waals surface area contributed by atoms with Crippen LogP contribution in [0.3, 0.4) is 0 Å². The average Bonchev–Trinajstić information content (AvgIpc) is 2.54. The van der Waals surface area contributed by atoms with Gasteiger partial charge in [0.2, 0.25) is 0 Å². The van der Waals surface area contributed by atoms with E-state index >= 15 is 0 Å². The number of benzene rings is 1. The molecule has 132 valence electrons. The number of rotatable bonds is 2. The third-order valence-corrected chi connectivity index (χ3v) is 6.57. The van der Waals surface area contributed by atoms with Crippen molar-refractivity contribution in [1.29, 1.82) is 0 Å². The van der Waals surface area contributed by atoms with E-state index < -0.39 is 0 Å². The monoisotopic (exact) mass is 351 g/mol. The van der Waals surface area contributed by atoms with Crippen LogP contribution in [-0.4, -0.2) is 38.2 Å². The van der Waals surface area contributed by atoms with Gasteiger partial charge in [-0.3, -0.25) is 4.79 Å². The lowest BCUT2D eigenvalue weighted by Gasteiger charge is -2.64. The highest BCUT2D eigenvalue weighted by molar-refractivity contribution is 5.85. The summed E-state index contributed by atoms with van der Waals surface area (Å²) < 4.78 is 11.7. The number of ketones is 1. The van der Waals surface area contributed by atoms with Crippen LogP contribution in [0.15, 0.2) is 18.2 Å². The molecule has 3 aliphatic rings. The van der Waals surface area contributed by atoms with E-state index in [1.807, 2.05) is 13.2 Å². The molecule has 1 saturated heterocycles. The highest BCUT2D eigenvalue weighted by Crippen LogP contribution is 2.59. The third kappa shape index (κ3) is 2.03. The van der Waals surface area contributed by atoms with Crippen LogP contribution in [-0.2, 0) is 21.4 Å². The van der Waals surface area contributed by atoms with Crippen LogP contribution in [0.25, 0.3) is 0 Å². The Morgan fingerprint density at radius 1 is 1.25 bits per heavy atom. The maximum atomic E-state index is 12.5. The standard InChI is InChI=1S/C19H25NO3.ClH/c1-12-8-14(21)11-18-6-7-20-17(19(12,18)23-3)9-13-4-5-15(22-2)10-16(13)18;/h4-5,10,12,17,20H,6-9,11H2,1-3H3;1H/t12-,17-,18-,19?;/m1./s1. The lowest BCUT2D eigenvalue weighted by Crippen LogP contribution is -2.76. The number of hydrogen-bond donors (Lipinski definition) is 1. The van der Waals surface area contributed by atoms with Gasteiger partial charge in [0.25, 0.3) is 0 Å². The van der Waals surface area contributed by atoms with Crippen LogP contribution in [0.5, 0.6) is 5.75 Å². The van der Waals surface area contributed by atoms with Crippen LogP contribution >= 0.6 is 12.4 Å². The number of nitrogens with one attached hydrogen (secondary N) is 1. The molecule has 2 aliphatic carbocycles. The van der Waals surface area contributed by atoms with Gasteiger partial charge >= 0.3 is 0 Å². The zero-order valence-corrected chi connectivity index (χ0v) is 15.4. The first-order valence-electron chi connectivity index (χ1n) is 8.55. The molecule has 2 bridgehead atoms. The maximum Gasteiger partial charge on any atom is 0.134 e. The Bertz CT molecular complexity index is 664. The number of piperidine rings is 1. The topological polar surface area (TPSA) is 47.6 Å². The van der Waals surface area contributed by atoms with Gasteiger partial charge in [-0.15, -0.1) is 12.4 Å². The molecular weight excluding hydrogens is 326 g/mol. The molecule has 0 spiro atoms. The molecule has 24 heavy (non-hydrogen) atoms. The highest BCUT2D eigenvalue weighted by Gasteiger charge is 2.66. The number of carbonyl (C=O) groups is 1. The van der Waals surface area contributed by atoms with Gasteiger partial charge in [0.15, 0.2) is 0 Å². The summed E-state index contributed by atoms with van der Waals surface area (Å²) in [7, 11) is 3.53. The van der Waals surface area contributed by atoms with Crippen molar-refractivity contribution in [3.8, 4) is 5.75 Å². The summed E-state index contributed by atoms with van der Waals surface area (Å²) in [6.45, 7) is 3.12. The molecular formula is C19H26ClNO3. The van der Waals surface area contributed by atoms with Crippen molar-refractivity contribution in [1.82, 2.24) is 5.32 Å². The third-order valence-electron chi connectivity index (χ3n) is 6.57. The van der Waals surface area contributed by atoms with Gasteiger partial charge in [-0.05, 0) is 48.6 Å². The number of ether oxygens (including phenoxy) is 2. The van der Waals surface area contributed by atoms with Crippen molar-refractivity contribution >= 4 is 18.2 Å². The van der Waals surface area contributed by atoms with Gasteiger partial charge in [-0.2, -0.15) is 0 Å². The summed E-state index contributed by atoms with van der Waals surface area (Å²) in [5, 5.41) is 3.68. The van der Waals surface area contributed by atoms with E-state index in [9.17, 15) is 4.79 Å². The normalized spacial score (nSPS) is 37.0. The molecule has 1 saturated carbocycles. The number of methoxy groups -OCH3 is 2. The number of halogens is 1. The Morgan fingerprint density at radius 2 is 2.04 bits per heavy atom. The molecule has 1 unspecified atom stereocenters. The van der Waals surface area contributed by atoms with Gasteiger partial charge in [0, 0.05) is 31.4 Å². The number of hydrogen-bond acceptors (Lipinski definition) is 4. The van der Waals surface area contributed by atoms with E-state index in [-0.39, 0.29) is 35.4 Å². The smallest absolute Gasteiger partial charge is 0.134 e. The predicted molar refractivity (Wildman–Crippen MR) is 95.2 cm³/mol. The molecule has 1 aromatic carbocycles. The van der Waals surface area contributed by atoms with Crippen LogP contribution in [0.4, 0.5) is 0 Å². The van der Waals surface area contributed by atoms with E-state index in [1.165, 1.54) is 11.1 Å². The highest BCUT2D eigenvalue weighted by atomic mass is 35.5. The summed E-state index contributed by atoms with van der Waals surface area (Å²) in [6.07, 6.45) is 3.09. The van der Waals surface area contributed by atoms with Gasteiger partial charge in [-0.25, -0.2) is 0 Å². The predicted octanol–water partition coefficient (Wildman–Crippen LogP) is 2.66. The minimum atomic E-state index is -0.307. The molecule has 4 rings (SSSR count). The Labute approximate surface area is 149 Å². The largest absolute Gasteiger partial charge is 0.497 e. The Hall–Kier alpha value is -1.10. The molecule has 0 amide bonds. The van der Waals surface area contributed by atoms with Crippen LogP contribution in [0.1, 0.15) is 37.3 Å².